The molecule has 1 amide bonds. The van der Waals surface area contributed by atoms with E-state index in [4.69, 9.17) is 5.73 Å². The number of hydrogen-bond acceptors (Lipinski definition) is 3. The van der Waals surface area contributed by atoms with Crippen molar-refractivity contribution >= 4 is 17.4 Å². The van der Waals surface area contributed by atoms with Crippen LogP contribution in [0.15, 0.2) is 36.5 Å². The maximum atomic E-state index is 13.5. The van der Waals surface area contributed by atoms with Gasteiger partial charge in [-0.3, -0.25) is 4.79 Å². The molecule has 2 rings (SSSR count). The van der Waals surface area contributed by atoms with Gasteiger partial charge in [0, 0.05) is 23.0 Å². The van der Waals surface area contributed by atoms with Gasteiger partial charge in [-0.25, -0.2) is 9.37 Å². The summed E-state index contributed by atoms with van der Waals surface area (Å²) in [6, 6.07) is 7.72. The van der Waals surface area contributed by atoms with Crippen LogP contribution < -0.4 is 11.1 Å². The van der Waals surface area contributed by atoms with Crippen LogP contribution in [0.5, 0.6) is 0 Å². The van der Waals surface area contributed by atoms with Crippen molar-refractivity contribution in [2.24, 2.45) is 0 Å². The maximum absolute atomic E-state index is 13.5. The lowest BCUT2D eigenvalue weighted by molar-refractivity contribution is 0.102. The van der Waals surface area contributed by atoms with Gasteiger partial charge < -0.3 is 11.1 Å². The predicted molar refractivity (Wildman–Crippen MR) is 67.7 cm³/mol. The van der Waals surface area contributed by atoms with Crippen molar-refractivity contribution in [3.05, 3.63) is 53.5 Å². The minimum absolute atomic E-state index is 0.168. The Hall–Kier alpha value is -2.43. The highest BCUT2D eigenvalue weighted by Gasteiger charge is 2.11. The SMILES string of the molecule is Cc1c(N)cc(C(=O)Nc2ccccn2)cc1F. The average Bonchev–Trinajstić information content (AvgIpc) is 2.36. The Morgan fingerprint density at radius 1 is 1.39 bits per heavy atom. The second kappa shape index (κ2) is 4.83. The normalized spacial score (nSPS) is 10.1. The number of nitrogens with one attached hydrogen (secondary N) is 1. The van der Waals surface area contributed by atoms with Crippen molar-refractivity contribution in [2.45, 2.75) is 6.92 Å². The number of carbonyl (C=O) groups excluding carboxylic acids is 1. The van der Waals surface area contributed by atoms with Gasteiger partial charge in [0.25, 0.3) is 5.91 Å². The molecule has 0 bridgehead atoms. The Bertz CT molecular complexity index is 561. The van der Waals surface area contributed by atoms with Gasteiger partial charge in [-0.1, -0.05) is 6.07 Å². The molecule has 18 heavy (non-hydrogen) atoms. The predicted octanol–water partition coefficient (Wildman–Crippen LogP) is 2.36. The molecule has 0 aliphatic heterocycles. The molecular formula is C13H12FN3O. The maximum Gasteiger partial charge on any atom is 0.256 e. The van der Waals surface area contributed by atoms with Gasteiger partial charge in [-0.2, -0.15) is 0 Å². The van der Waals surface area contributed by atoms with E-state index in [2.05, 4.69) is 10.3 Å². The highest BCUT2D eigenvalue weighted by molar-refractivity contribution is 6.04. The van der Waals surface area contributed by atoms with Gasteiger partial charge in [0.1, 0.15) is 11.6 Å². The first-order chi connectivity index (χ1) is 8.58. The number of pyridine rings is 1. The van der Waals surface area contributed by atoms with Gasteiger partial charge >= 0.3 is 0 Å². The molecule has 3 N–H and O–H groups in total. The third kappa shape index (κ3) is 2.45. The zero-order valence-corrected chi connectivity index (χ0v) is 9.77. The second-order valence-corrected chi connectivity index (χ2v) is 3.84. The summed E-state index contributed by atoms with van der Waals surface area (Å²) in [6.45, 7) is 1.56. The molecule has 0 atom stereocenters. The molecule has 0 saturated heterocycles. The lowest BCUT2D eigenvalue weighted by Crippen LogP contribution is -2.14. The van der Waals surface area contributed by atoms with Crippen LogP contribution in [0.25, 0.3) is 0 Å². The van der Waals surface area contributed by atoms with Crippen LogP contribution in [0, 0.1) is 12.7 Å². The number of benzene rings is 1. The van der Waals surface area contributed by atoms with Crippen molar-refractivity contribution < 1.29 is 9.18 Å². The fraction of sp³-hybridized carbons (Fsp3) is 0.0769. The van der Waals surface area contributed by atoms with Crippen LogP contribution in [0.4, 0.5) is 15.9 Å². The molecule has 2 aromatic rings. The number of aromatic nitrogens is 1. The highest BCUT2D eigenvalue weighted by atomic mass is 19.1. The lowest BCUT2D eigenvalue weighted by Gasteiger charge is -2.07. The topological polar surface area (TPSA) is 68.0 Å². The molecule has 1 aromatic heterocycles. The fourth-order valence-corrected chi connectivity index (χ4v) is 1.46. The zero-order chi connectivity index (χ0) is 13.1. The van der Waals surface area contributed by atoms with Crippen molar-refractivity contribution in [2.75, 3.05) is 11.1 Å². The Morgan fingerprint density at radius 2 is 2.17 bits per heavy atom. The quantitative estimate of drug-likeness (QED) is 0.798. The zero-order valence-electron chi connectivity index (χ0n) is 9.77. The molecule has 0 aliphatic carbocycles. The molecule has 0 saturated carbocycles. The average molecular weight is 245 g/mol. The Kier molecular flexibility index (Phi) is 3.23. The molecule has 1 aromatic carbocycles. The smallest absolute Gasteiger partial charge is 0.256 e. The van der Waals surface area contributed by atoms with E-state index >= 15 is 0 Å². The van der Waals surface area contributed by atoms with Crippen LogP contribution >= 0.6 is 0 Å². The van der Waals surface area contributed by atoms with Gasteiger partial charge in [-0.15, -0.1) is 0 Å². The minimum Gasteiger partial charge on any atom is -0.398 e. The van der Waals surface area contributed by atoms with E-state index in [0.29, 0.717) is 11.4 Å². The first kappa shape index (κ1) is 12.0. The van der Waals surface area contributed by atoms with Crippen molar-refractivity contribution in [1.29, 1.82) is 0 Å². The van der Waals surface area contributed by atoms with E-state index in [1.807, 2.05) is 0 Å². The number of amides is 1. The van der Waals surface area contributed by atoms with Crippen molar-refractivity contribution in [1.82, 2.24) is 4.98 Å². The first-order valence-corrected chi connectivity index (χ1v) is 5.36. The first-order valence-electron chi connectivity index (χ1n) is 5.36. The van der Waals surface area contributed by atoms with Crippen molar-refractivity contribution in [3.8, 4) is 0 Å². The number of carbonyl (C=O) groups is 1. The van der Waals surface area contributed by atoms with Gasteiger partial charge in [-0.05, 0) is 31.2 Å². The van der Waals surface area contributed by atoms with Crippen LogP contribution in [-0.4, -0.2) is 10.9 Å². The molecular weight excluding hydrogens is 233 g/mol. The second-order valence-electron chi connectivity index (χ2n) is 3.84. The number of rotatable bonds is 2. The van der Waals surface area contributed by atoms with E-state index in [1.165, 1.54) is 6.07 Å². The van der Waals surface area contributed by atoms with E-state index in [1.54, 1.807) is 31.3 Å². The van der Waals surface area contributed by atoms with Crippen LogP contribution in [0.3, 0.4) is 0 Å². The summed E-state index contributed by atoms with van der Waals surface area (Å²) >= 11 is 0. The van der Waals surface area contributed by atoms with E-state index < -0.39 is 11.7 Å². The molecule has 4 nitrogen and oxygen atoms in total. The molecule has 0 aliphatic rings. The molecule has 0 fully saturated rings. The number of nitrogens with two attached hydrogens (primary N) is 1. The molecule has 0 radical (unpaired) electrons. The van der Waals surface area contributed by atoms with E-state index in [9.17, 15) is 9.18 Å². The van der Waals surface area contributed by atoms with Gasteiger partial charge in [0.2, 0.25) is 0 Å². The number of nitrogen functional groups attached to an aromatic ring is 1. The number of hydrogen-bond donors (Lipinski definition) is 2. The van der Waals surface area contributed by atoms with E-state index in [-0.39, 0.29) is 11.3 Å². The van der Waals surface area contributed by atoms with Crippen LogP contribution in [0.2, 0.25) is 0 Å². The number of anilines is 2. The lowest BCUT2D eigenvalue weighted by atomic mass is 10.1. The summed E-state index contributed by atoms with van der Waals surface area (Å²) < 4.78 is 13.5. The fourth-order valence-electron chi connectivity index (χ4n) is 1.46. The molecule has 0 unspecified atom stereocenters. The van der Waals surface area contributed by atoms with Crippen molar-refractivity contribution in [3.63, 3.8) is 0 Å². The molecule has 92 valence electrons. The Labute approximate surface area is 104 Å². The molecule has 0 spiro atoms. The summed E-state index contributed by atoms with van der Waals surface area (Å²) in [6.07, 6.45) is 1.56. The minimum atomic E-state index is -0.499. The van der Waals surface area contributed by atoms with Crippen LogP contribution in [-0.2, 0) is 0 Å². The number of halogens is 1. The standard InChI is InChI=1S/C13H12FN3O/c1-8-10(14)6-9(7-11(8)15)13(18)17-12-4-2-3-5-16-12/h2-7H,15H2,1H3,(H,16,17,18). The van der Waals surface area contributed by atoms with Gasteiger partial charge in [0.15, 0.2) is 0 Å². The monoisotopic (exact) mass is 245 g/mol. The summed E-state index contributed by atoms with van der Waals surface area (Å²) in [5, 5.41) is 2.56. The number of nitrogens with zero attached hydrogens (tertiary/aromatic N) is 1. The summed E-state index contributed by atoms with van der Waals surface area (Å²) in [5.74, 6) is -0.539. The van der Waals surface area contributed by atoms with E-state index in [0.717, 1.165) is 6.07 Å². The molecule has 5 heteroatoms. The third-order valence-corrected chi connectivity index (χ3v) is 2.55. The van der Waals surface area contributed by atoms with Gasteiger partial charge in [0.05, 0.1) is 0 Å². The summed E-state index contributed by atoms with van der Waals surface area (Å²) in [7, 11) is 0. The molecule has 1 heterocycles. The third-order valence-electron chi connectivity index (χ3n) is 2.55. The summed E-state index contributed by atoms with van der Waals surface area (Å²) in [4.78, 5) is 15.8. The van der Waals surface area contributed by atoms with Crippen LogP contribution in [0.1, 0.15) is 15.9 Å². The highest BCUT2D eigenvalue weighted by Crippen LogP contribution is 2.18. The Morgan fingerprint density at radius 3 is 2.78 bits per heavy atom. The summed E-state index contributed by atoms with van der Waals surface area (Å²) in [5.41, 5.74) is 6.37. The largest absolute Gasteiger partial charge is 0.398 e. The Balaban J connectivity index is 2.25.